The Hall–Kier alpha value is -2.74. The number of sulfonamides is 1. The van der Waals surface area contributed by atoms with Crippen molar-refractivity contribution in [2.24, 2.45) is 5.41 Å². The first kappa shape index (κ1) is 18.1. The quantitative estimate of drug-likeness (QED) is 0.893. The molecule has 0 saturated carbocycles. The maximum atomic E-state index is 13.2. The smallest absolute Gasteiger partial charge is 0.255 e. The molecule has 0 aromatic heterocycles. The van der Waals surface area contributed by atoms with Crippen LogP contribution in [-0.4, -0.2) is 26.0 Å². The van der Waals surface area contributed by atoms with Crippen molar-refractivity contribution < 1.29 is 22.4 Å². The maximum Gasteiger partial charge on any atom is 0.255 e. The molecule has 2 amide bonds. The molecule has 6 nitrogen and oxygen atoms in total. The van der Waals surface area contributed by atoms with Gasteiger partial charge in [-0.3, -0.25) is 9.59 Å². The molecule has 0 spiro atoms. The second kappa shape index (κ2) is 6.21. The molecule has 136 valence electrons. The van der Waals surface area contributed by atoms with E-state index in [9.17, 15) is 22.4 Å². The highest BCUT2D eigenvalue weighted by Gasteiger charge is 2.49. The van der Waals surface area contributed by atoms with Crippen molar-refractivity contribution in [1.29, 1.82) is 0 Å². The summed E-state index contributed by atoms with van der Waals surface area (Å²) in [5.41, 5.74) is -0.256. The second-order valence-corrected chi connectivity index (χ2v) is 8.54. The normalized spacial score (nSPS) is 18.0. The van der Waals surface area contributed by atoms with Crippen LogP contribution in [0.1, 0.15) is 24.2 Å². The van der Waals surface area contributed by atoms with Gasteiger partial charge in [0.2, 0.25) is 15.9 Å². The zero-order valence-corrected chi connectivity index (χ0v) is 15.0. The van der Waals surface area contributed by atoms with E-state index in [2.05, 4.69) is 5.32 Å². The molecule has 1 aliphatic heterocycles. The van der Waals surface area contributed by atoms with Gasteiger partial charge in [-0.2, -0.15) is 0 Å². The number of amides is 2. The van der Waals surface area contributed by atoms with Crippen LogP contribution in [0.4, 0.5) is 15.8 Å². The number of benzene rings is 2. The Morgan fingerprint density at radius 2 is 1.81 bits per heavy atom. The third-order valence-corrected chi connectivity index (χ3v) is 6.05. The molecule has 1 heterocycles. The van der Waals surface area contributed by atoms with Crippen LogP contribution in [-0.2, 0) is 14.8 Å². The first-order valence-corrected chi connectivity index (χ1v) is 9.45. The van der Waals surface area contributed by atoms with Crippen LogP contribution in [0.5, 0.6) is 0 Å². The Kier molecular flexibility index (Phi) is 4.31. The third kappa shape index (κ3) is 3.32. The number of carbonyl (C=O) groups is 2. The topological polar surface area (TPSA) is 83.6 Å². The summed E-state index contributed by atoms with van der Waals surface area (Å²) in [6.07, 6.45) is 0. The van der Waals surface area contributed by atoms with Gasteiger partial charge in [0.15, 0.2) is 0 Å². The van der Waals surface area contributed by atoms with Crippen LogP contribution in [0.25, 0.3) is 0 Å². The van der Waals surface area contributed by atoms with Gasteiger partial charge in [0.25, 0.3) is 5.91 Å². The van der Waals surface area contributed by atoms with Crippen molar-refractivity contribution in [3.63, 3.8) is 0 Å². The molecule has 0 atom stereocenters. The van der Waals surface area contributed by atoms with Crippen molar-refractivity contribution in [3.05, 3.63) is 59.9 Å². The Balaban J connectivity index is 1.83. The van der Waals surface area contributed by atoms with Gasteiger partial charge < -0.3 is 5.32 Å². The van der Waals surface area contributed by atoms with Crippen molar-refractivity contribution in [1.82, 2.24) is 0 Å². The fraction of sp³-hybridized carbons (Fsp3) is 0.222. The minimum absolute atomic E-state index is 0.183. The van der Waals surface area contributed by atoms with Gasteiger partial charge in [0.05, 0.1) is 16.9 Å². The number of anilines is 2. The lowest BCUT2D eigenvalue weighted by Gasteiger charge is -2.17. The van der Waals surface area contributed by atoms with E-state index >= 15 is 0 Å². The number of halogens is 1. The number of rotatable bonds is 3. The number of hydrogen-bond acceptors (Lipinski definition) is 4. The van der Waals surface area contributed by atoms with E-state index in [0.29, 0.717) is 5.69 Å². The highest BCUT2D eigenvalue weighted by molar-refractivity contribution is 7.94. The molecule has 1 N–H and O–H groups in total. The molecule has 1 aliphatic rings. The van der Waals surface area contributed by atoms with E-state index < -0.39 is 33.1 Å². The Bertz CT molecular complexity index is 985. The lowest BCUT2D eigenvalue weighted by molar-refractivity contribution is -0.123. The summed E-state index contributed by atoms with van der Waals surface area (Å²) in [5.74, 6) is -1.72. The molecule has 2 aromatic carbocycles. The van der Waals surface area contributed by atoms with Crippen LogP contribution >= 0.6 is 0 Å². The zero-order chi connectivity index (χ0) is 19.1. The van der Waals surface area contributed by atoms with Crippen molar-refractivity contribution in [3.8, 4) is 0 Å². The molecule has 1 saturated heterocycles. The van der Waals surface area contributed by atoms with Gasteiger partial charge in [-0.25, -0.2) is 17.1 Å². The summed E-state index contributed by atoms with van der Waals surface area (Å²) in [6, 6.07) is 11.1. The number of nitrogens with zero attached hydrogens (tertiary/aromatic N) is 1. The average Bonchev–Trinajstić information content (AvgIpc) is 2.70. The molecule has 0 radical (unpaired) electrons. The molecular formula is C18H17FN2O4S. The van der Waals surface area contributed by atoms with E-state index in [4.69, 9.17) is 0 Å². The van der Waals surface area contributed by atoms with Gasteiger partial charge in [-0.05, 0) is 56.3 Å². The van der Waals surface area contributed by atoms with Gasteiger partial charge in [0, 0.05) is 11.3 Å². The Morgan fingerprint density at radius 3 is 2.35 bits per heavy atom. The molecule has 0 aliphatic carbocycles. The van der Waals surface area contributed by atoms with Crippen molar-refractivity contribution in [2.45, 2.75) is 13.8 Å². The van der Waals surface area contributed by atoms with E-state index in [0.717, 1.165) is 4.31 Å². The summed E-state index contributed by atoms with van der Waals surface area (Å²) in [5, 5.41) is 2.55. The van der Waals surface area contributed by atoms with Gasteiger partial charge in [-0.1, -0.05) is 6.07 Å². The largest absolute Gasteiger partial charge is 0.322 e. The van der Waals surface area contributed by atoms with Crippen LogP contribution in [0.3, 0.4) is 0 Å². The van der Waals surface area contributed by atoms with E-state index in [1.807, 2.05) is 0 Å². The van der Waals surface area contributed by atoms with Crippen LogP contribution in [0.2, 0.25) is 0 Å². The molecule has 2 aromatic rings. The predicted molar refractivity (Wildman–Crippen MR) is 95.8 cm³/mol. The zero-order valence-electron chi connectivity index (χ0n) is 14.2. The van der Waals surface area contributed by atoms with Gasteiger partial charge >= 0.3 is 0 Å². The molecule has 26 heavy (non-hydrogen) atoms. The second-order valence-electron chi connectivity index (χ2n) is 6.72. The molecule has 1 fully saturated rings. The maximum absolute atomic E-state index is 13.2. The summed E-state index contributed by atoms with van der Waals surface area (Å²) >= 11 is 0. The van der Waals surface area contributed by atoms with E-state index in [1.165, 1.54) is 42.5 Å². The molecule has 8 heteroatoms. The fourth-order valence-corrected chi connectivity index (χ4v) is 4.89. The Morgan fingerprint density at radius 1 is 1.15 bits per heavy atom. The van der Waals surface area contributed by atoms with E-state index in [-0.39, 0.29) is 17.0 Å². The fourth-order valence-electron chi connectivity index (χ4n) is 2.78. The summed E-state index contributed by atoms with van der Waals surface area (Å²) in [6.45, 7) is 3.15. The standard InChI is InChI=1S/C18H17FN2O4S/c1-18(2)11-26(24,25)21(17(18)23)15-8-6-12(7-9-15)16(22)20-14-5-3-4-13(19)10-14/h3-10H,11H2,1-2H3,(H,20,22). The monoisotopic (exact) mass is 376 g/mol. The van der Waals surface area contributed by atoms with Crippen LogP contribution in [0.15, 0.2) is 48.5 Å². The molecule has 0 unspecified atom stereocenters. The molecule has 3 rings (SSSR count). The van der Waals surface area contributed by atoms with Crippen molar-refractivity contribution in [2.75, 3.05) is 15.4 Å². The Labute approximate surface area is 150 Å². The summed E-state index contributed by atoms with van der Waals surface area (Å²) in [4.78, 5) is 24.6. The first-order valence-electron chi connectivity index (χ1n) is 7.85. The highest BCUT2D eigenvalue weighted by atomic mass is 32.2. The lowest BCUT2D eigenvalue weighted by atomic mass is 9.95. The number of hydrogen-bond donors (Lipinski definition) is 1. The van der Waals surface area contributed by atoms with E-state index in [1.54, 1.807) is 19.9 Å². The molecule has 0 bridgehead atoms. The van der Waals surface area contributed by atoms with Gasteiger partial charge in [-0.15, -0.1) is 0 Å². The van der Waals surface area contributed by atoms with Crippen molar-refractivity contribution >= 4 is 33.2 Å². The highest BCUT2D eigenvalue weighted by Crippen LogP contribution is 2.35. The SMILES string of the molecule is CC1(C)CS(=O)(=O)N(c2ccc(C(=O)Nc3cccc(F)c3)cc2)C1=O. The minimum atomic E-state index is -3.74. The van der Waals surface area contributed by atoms with Crippen LogP contribution < -0.4 is 9.62 Å². The number of nitrogens with one attached hydrogen (secondary N) is 1. The average molecular weight is 376 g/mol. The molecular weight excluding hydrogens is 359 g/mol. The summed E-state index contributed by atoms with van der Waals surface area (Å²) in [7, 11) is -3.74. The van der Waals surface area contributed by atoms with Crippen LogP contribution in [0, 0.1) is 11.2 Å². The predicted octanol–water partition coefficient (Wildman–Crippen LogP) is 2.78. The first-order chi connectivity index (χ1) is 12.1. The minimum Gasteiger partial charge on any atom is -0.322 e. The third-order valence-electron chi connectivity index (χ3n) is 4.03. The van der Waals surface area contributed by atoms with Gasteiger partial charge in [0.1, 0.15) is 5.82 Å². The summed E-state index contributed by atoms with van der Waals surface area (Å²) < 4.78 is 38.5. The lowest BCUT2D eigenvalue weighted by Crippen LogP contribution is -2.32. The number of carbonyl (C=O) groups excluding carboxylic acids is 2.